The van der Waals surface area contributed by atoms with E-state index in [0.29, 0.717) is 6.07 Å². The van der Waals surface area contributed by atoms with Crippen LogP contribution in [0.1, 0.15) is 0 Å². The average molecular weight is 347 g/mol. The molecule has 0 aromatic heterocycles. The van der Waals surface area contributed by atoms with Crippen LogP contribution < -0.4 is 14.2 Å². The highest BCUT2D eigenvalue weighted by Gasteiger charge is 2.23. The van der Waals surface area contributed by atoms with Gasteiger partial charge in [-0.3, -0.25) is 4.72 Å². The predicted molar refractivity (Wildman–Crippen MR) is 76.7 cm³/mol. The van der Waals surface area contributed by atoms with E-state index in [1.807, 2.05) is 4.72 Å². The van der Waals surface area contributed by atoms with E-state index < -0.39 is 32.4 Å². The van der Waals surface area contributed by atoms with Crippen LogP contribution in [0, 0.1) is 17.5 Å². The van der Waals surface area contributed by atoms with Crippen molar-refractivity contribution < 1.29 is 31.1 Å². The standard InChI is InChI=1S/C14H12F3NO4S/c1-21-12-6-11(17)14(7-13(12)22-2)23(19,20)18-8-3-4-9(15)10(16)5-8/h3-7,18H,1-2H3. The zero-order valence-electron chi connectivity index (χ0n) is 12.1. The average Bonchev–Trinajstić information content (AvgIpc) is 2.50. The Morgan fingerprint density at radius 3 is 2.04 bits per heavy atom. The lowest BCUT2D eigenvalue weighted by atomic mass is 10.3. The van der Waals surface area contributed by atoms with E-state index in [1.165, 1.54) is 14.2 Å². The van der Waals surface area contributed by atoms with Crippen molar-refractivity contribution in [1.82, 2.24) is 0 Å². The van der Waals surface area contributed by atoms with Crippen molar-refractivity contribution in [2.45, 2.75) is 4.90 Å². The van der Waals surface area contributed by atoms with Crippen molar-refractivity contribution in [2.75, 3.05) is 18.9 Å². The van der Waals surface area contributed by atoms with E-state index in [-0.39, 0.29) is 17.2 Å². The quantitative estimate of drug-likeness (QED) is 0.903. The van der Waals surface area contributed by atoms with E-state index in [1.54, 1.807) is 0 Å². The highest BCUT2D eigenvalue weighted by molar-refractivity contribution is 7.92. The third-order valence-electron chi connectivity index (χ3n) is 2.90. The molecule has 0 fully saturated rings. The van der Waals surface area contributed by atoms with Gasteiger partial charge in [-0.2, -0.15) is 0 Å². The number of sulfonamides is 1. The van der Waals surface area contributed by atoms with Gasteiger partial charge in [0.25, 0.3) is 10.0 Å². The van der Waals surface area contributed by atoms with Gasteiger partial charge in [0, 0.05) is 18.2 Å². The van der Waals surface area contributed by atoms with Crippen molar-refractivity contribution in [1.29, 1.82) is 0 Å². The topological polar surface area (TPSA) is 64.6 Å². The summed E-state index contributed by atoms with van der Waals surface area (Å²) < 4.78 is 76.2. The molecule has 2 aromatic rings. The fourth-order valence-electron chi connectivity index (χ4n) is 1.81. The molecule has 0 unspecified atom stereocenters. The first-order chi connectivity index (χ1) is 10.8. The van der Waals surface area contributed by atoms with Crippen LogP contribution in [-0.4, -0.2) is 22.6 Å². The number of hydrogen-bond acceptors (Lipinski definition) is 4. The molecule has 0 aliphatic carbocycles. The summed E-state index contributed by atoms with van der Waals surface area (Å²) >= 11 is 0. The highest BCUT2D eigenvalue weighted by atomic mass is 32.2. The zero-order valence-corrected chi connectivity index (χ0v) is 12.9. The van der Waals surface area contributed by atoms with Crippen molar-refractivity contribution in [3.63, 3.8) is 0 Å². The fourth-order valence-corrected chi connectivity index (χ4v) is 2.94. The molecule has 5 nitrogen and oxygen atoms in total. The van der Waals surface area contributed by atoms with Crippen molar-refractivity contribution in [2.24, 2.45) is 0 Å². The summed E-state index contributed by atoms with van der Waals surface area (Å²) in [7, 11) is -1.85. The molecule has 0 spiro atoms. The summed E-state index contributed by atoms with van der Waals surface area (Å²) in [5.41, 5.74) is -0.252. The minimum atomic E-state index is -4.38. The first-order valence-corrected chi connectivity index (χ1v) is 7.66. The Hall–Kier alpha value is -2.42. The van der Waals surface area contributed by atoms with Gasteiger partial charge < -0.3 is 9.47 Å². The van der Waals surface area contributed by atoms with Gasteiger partial charge >= 0.3 is 0 Å². The van der Waals surface area contributed by atoms with E-state index in [9.17, 15) is 21.6 Å². The Balaban J connectivity index is 2.45. The lowest BCUT2D eigenvalue weighted by Crippen LogP contribution is -2.15. The molecule has 0 heterocycles. The minimum Gasteiger partial charge on any atom is -0.493 e. The van der Waals surface area contributed by atoms with Crippen LogP contribution in [-0.2, 0) is 10.0 Å². The molecule has 0 aliphatic heterocycles. The smallest absolute Gasteiger partial charge is 0.264 e. The lowest BCUT2D eigenvalue weighted by molar-refractivity contribution is 0.350. The number of nitrogens with one attached hydrogen (secondary N) is 1. The van der Waals surface area contributed by atoms with Crippen molar-refractivity contribution in [3.05, 3.63) is 47.8 Å². The van der Waals surface area contributed by atoms with E-state index in [0.717, 1.165) is 24.3 Å². The van der Waals surface area contributed by atoms with Gasteiger partial charge in [0.2, 0.25) is 0 Å². The van der Waals surface area contributed by atoms with Gasteiger partial charge in [-0.1, -0.05) is 0 Å². The number of benzene rings is 2. The summed E-state index contributed by atoms with van der Waals surface area (Å²) in [5, 5.41) is 0. The number of ether oxygens (including phenoxy) is 2. The molecule has 2 aromatic carbocycles. The summed E-state index contributed by atoms with van der Waals surface area (Å²) in [4.78, 5) is -0.722. The lowest BCUT2D eigenvalue weighted by Gasteiger charge is -2.13. The van der Waals surface area contributed by atoms with Crippen molar-refractivity contribution in [3.8, 4) is 11.5 Å². The van der Waals surface area contributed by atoms with Gasteiger partial charge in [0.05, 0.1) is 19.9 Å². The molecule has 23 heavy (non-hydrogen) atoms. The van der Waals surface area contributed by atoms with E-state index >= 15 is 0 Å². The Morgan fingerprint density at radius 2 is 1.48 bits per heavy atom. The number of anilines is 1. The largest absolute Gasteiger partial charge is 0.493 e. The molecule has 0 aliphatic rings. The second kappa shape index (κ2) is 6.37. The minimum absolute atomic E-state index is 0.000406. The van der Waals surface area contributed by atoms with Gasteiger partial charge in [-0.05, 0) is 12.1 Å². The summed E-state index contributed by atoms with van der Waals surface area (Å²) in [6, 6.07) is 4.17. The molecular weight excluding hydrogens is 335 g/mol. The van der Waals surface area contributed by atoms with Crippen LogP contribution >= 0.6 is 0 Å². The molecule has 0 saturated heterocycles. The zero-order chi connectivity index (χ0) is 17.2. The monoisotopic (exact) mass is 347 g/mol. The van der Waals surface area contributed by atoms with Gasteiger partial charge in [0.1, 0.15) is 10.7 Å². The molecule has 2 rings (SSSR count). The molecular formula is C14H12F3NO4S. The number of methoxy groups -OCH3 is 2. The maximum absolute atomic E-state index is 14.0. The van der Waals surface area contributed by atoms with Gasteiger partial charge in [-0.15, -0.1) is 0 Å². The van der Waals surface area contributed by atoms with Crippen LogP contribution in [0.2, 0.25) is 0 Å². The van der Waals surface area contributed by atoms with Gasteiger partial charge in [-0.25, -0.2) is 21.6 Å². The third-order valence-corrected chi connectivity index (χ3v) is 4.30. The Morgan fingerprint density at radius 1 is 0.870 bits per heavy atom. The second-order valence-corrected chi connectivity index (χ2v) is 6.02. The molecule has 0 radical (unpaired) electrons. The maximum Gasteiger partial charge on any atom is 0.264 e. The maximum atomic E-state index is 14.0. The van der Waals surface area contributed by atoms with Crippen LogP contribution in [0.25, 0.3) is 0 Å². The second-order valence-electron chi connectivity index (χ2n) is 4.37. The number of halogens is 3. The Bertz CT molecular complexity index is 840. The number of hydrogen-bond donors (Lipinski definition) is 1. The Labute approximate surface area is 130 Å². The third kappa shape index (κ3) is 3.50. The number of rotatable bonds is 5. The molecule has 1 N–H and O–H groups in total. The van der Waals surface area contributed by atoms with Crippen LogP contribution in [0.5, 0.6) is 11.5 Å². The van der Waals surface area contributed by atoms with Crippen LogP contribution in [0.15, 0.2) is 35.2 Å². The summed E-state index contributed by atoms with van der Waals surface area (Å²) in [5.74, 6) is -3.45. The predicted octanol–water partition coefficient (Wildman–Crippen LogP) is 2.92. The summed E-state index contributed by atoms with van der Waals surface area (Å²) in [6.45, 7) is 0. The van der Waals surface area contributed by atoms with Crippen molar-refractivity contribution >= 4 is 15.7 Å². The first-order valence-electron chi connectivity index (χ1n) is 6.18. The van der Waals surface area contributed by atoms with Crippen LogP contribution in [0.3, 0.4) is 0 Å². The SMILES string of the molecule is COc1cc(F)c(S(=O)(=O)Nc2ccc(F)c(F)c2)cc1OC. The van der Waals surface area contributed by atoms with Gasteiger partial charge in [0.15, 0.2) is 23.1 Å². The fraction of sp³-hybridized carbons (Fsp3) is 0.143. The molecule has 0 bridgehead atoms. The van der Waals surface area contributed by atoms with E-state index in [4.69, 9.17) is 9.47 Å². The molecule has 124 valence electrons. The summed E-state index contributed by atoms with van der Waals surface area (Å²) in [6.07, 6.45) is 0. The molecule has 0 saturated carbocycles. The normalized spacial score (nSPS) is 11.2. The van der Waals surface area contributed by atoms with Crippen LogP contribution in [0.4, 0.5) is 18.9 Å². The first kappa shape index (κ1) is 16.9. The Kier molecular flexibility index (Phi) is 4.69. The molecule has 0 atom stereocenters. The van der Waals surface area contributed by atoms with E-state index in [2.05, 4.69) is 0 Å². The highest BCUT2D eigenvalue weighted by Crippen LogP contribution is 2.32. The molecule has 0 amide bonds. The molecule has 9 heteroatoms.